The standard InChI is InChI=1S/C13H11NO3S/c15-12(16)8-10-6-7-11(18-10)13(14-17)9-4-2-1-3-5-9/h1-7,17H,8H2,(H,15,16)/p-1/b14-13+. The van der Waals surface area contributed by atoms with Gasteiger partial charge < -0.3 is 15.1 Å². The summed E-state index contributed by atoms with van der Waals surface area (Å²) in [5.74, 6) is -1.12. The third-order valence-electron chi connectivity index (χ3n) is 2.36. The van der Waals surface area contributed by atoms with E-state index in [1.54, 1.807) is 12.1 Å². The van der Waals surface area contributed by atoms with Gasteiger partial charge >= 0.3 is 0 Å². The molecule has 2 aromatic rings. The molecule has 92 valence electrons. The molecule has 0 saturated heterocycles. The number of rotatable bonds is 4. The largest absolute Gasteiger partial charge is 0.550 e. The molecule has 1 aromatic carbocycles. The predicted octanol–water partition coefficient (Wildman–Crippen LogP) is 1.27. The smallest absolute Gasteiger partial charge is 0.127 e. The van der Waals surface area contributed by atoms with Crippen LogP contribution in [0.1, 0.15) is 15.3 Å². The number of aliphatic carboxylic acids is 1. The van der Waals surface area contributed by atoms with Crippen LogP contribution in [0, 0.1) is 0 Å². The lowest BCUT2D eigenvalue weighted by Crippen LogP contribution is -2.23. The SMILES string of the molecule is O=C([O-])Cc1ccc(/C(=N/O)c2ccccc2)s1. The summed E-state index contributed by atoms with van der Waals surface area (Å²) in [7, 11) is 0. The van der Waals surface area contributed by atoms with Crippen LogP contribution in [0.2, 0.25) is 0 Å². The van der Waals surface area contributed by atoms with Gasteiger partial charge in [0, 0.05) is 22.8 Å². The first kappa shape index (κ1) is 12.3. The number of carboxylic acid groups (broad SMARTS) is 1. The van der Waals surface area contributed by atoms with E-state index in [9.17, 15) is 9.90 Å². The van der Waals surface area contributed by atoms with Gasteiger partial charge in [0.2, 0.25) is 0 Å². The second-order valence-electron chi connectivity index (χ2n) is 3.63. The van der Waals surface area contributed by atoms with E-state index in [-0.39, 0.29) is 6.42 Å². The van der Waals surface area contributed by atoms with E-state index in [1.807, 2.05) is 30.3 Å². The summed E-state index contributed by atoms with van der Waals surface area (Å²) in [5, 5.41) is 22.9. The van der Waals surface area contributed by atoms with Gasteiger partial charge in [-0.05, 0) is 12.1 Å². The van der Waals surface area contributed by atoms with Gasteiger partial charge in [-0.3, -0.25) is 0 Å². The molecule has 0 aliphatic heterocycles. The molecular weight excluding hydrogens is 250 g/mol. The average Bonchev–Trinajstić information content (AvgIpc) is 2.79. The molecule has 0 radical (unpaired) electrons. The van der Waals surface area contributed by atoms with Gasteiger partial charge in [-0.25, -0.2) is 0 Å². The zero-order valence-electron chi connectivity index (χ0n) is 9.37. The minimum atomic E-state index is -1.12. The van der Waals surface area contributed by atoms with Crippen LogP contribution in [0.4, 0.5) is 0 Å². The highest BCUT2D eigenvalue weighted by Gasteiger charge is 2.10. The Hall–Kier alpha value is -2.14. The summed E-state index contributed by atoms with van der Waals surface area (Å²) in [6.07, 6.45) is -0.127. The summed E-state index contributed by atoms with van der Waals surface area (Å²) in [4.78, 5) is 11.9. The molecule has 1 N–H and O–H groups in total. The van der Waals surface area contributed by atoms with Gasteiger partial charge in [0.05, 0.1) is 4.88 Å². The van der Waals surface area contributed by atoms with Crippen molar-refractivity contribution in [1.29, 1.82) is 0 Å². The molecule has 0 aliphatic carbocycles. The van der Waals surface area contributed by atoms with Crippen LogP contribution in [0.25, 0.3) is 0 Å². The Labute approximate surface area is 108 Å². The minimum Gasteiger partial charge on any atom is -0.550 e. The Balaban J connectivity index is 2.30. The predicted molar refractivity (Wildman–Crippen MR) is 66.9 cm³/mol. The van der Waals surface area contributed by atoms with Gasteiger partial charge in [-0.15, -0.1) is 11.3 Å². The molecule has 0 bridgehead atoms. The molecule has 4 nitrogen and oxygen atoms in total. The molecule has 0 saturated carbocycles. The molecular formula is C13H10NO3S-. The van der Waals surface area contributed by atoms with Gasteiger partial charge in [0.25, 0.3) is 0 Å². The van der Waals surface area contributed by atoms with Crippen molar-refractivity contribution in [3.8, 4) is 0 Å². The fourth-order valence-electron chi connectivity index (χ4n) is 1.59. The molecule has 0 atom stereocenters. The maximum Gasteiger partial charge on any atom is 0.127 e. The number of benzene rings is 1. The molecule has 0 aliphatic rings. The summed E-state index contributed by atoms with van der Waals surface area (Å²) in [6, 6.07) is 12.6. The van der Waals surface area contributed by atoms with Crippen molar-refractivity contribution in [2.24, 2.45) is 5.16 Å². The number of hydrogen-bond acceptors (Lipinski definition) is 5. The molecule has 0 fully saturated rings. The lowest BCUT2D eigenvalue weighted by atomic mass is 10.1. The molecule has 5 heteroatoms. The maximum atomic E-state index is 10.5. The molecule has 2 rings (SSSR count). The lowest BCUT2D eigenvalue weighted by molar-refractivity contribution is -0.304. The first-order valence-corrected chi connectivity index (χ1v) is 6.09. The maximum absolute atomic E-state index is 10.5. The molecule has 0 amide bonds. The van der Waals surface area contributed by atoms with E-state index in [4.69, 9.17) is 5.21 Å². The van der Waals surface area contributed by atoms with Crippen LogP contribution in [0.3, 0.4) is 0 Å². The third kappa shape index (κ3) is 2.75. The van der Waals surface area contributed by atoms with E-state index >= 15 is 0 Å². The number of carboxylic acids is 1. The fourth-order valence-corrected chi connectivity index (χ4v) is 2.59. The molecule has 0 spiro atoms. The number of oxime groups is 1. The van der Waals surface area contributed by atoms with E-state index < -0.39 is 5.97 Å². The normalized spacial score (nSPS) is 11.4. The second-order valence-corrected chi connectivity index (χ2v) is 4.80. The van der Waals surface area contributed by atoms with Gasteiger partial charge in [0.1, 0.15) is 5.71 Å². The highest BCUT2D eigenvalue weighted by Crippen LogP contribution is 2.21. The highest BCUT2D eigenvalue weighted by molar-refractivity contribution is 7.14. The molecule has 1 aromatic heterocycles. The average molecular weight is 260 g/mol. The number of nitrogens with zero attached hydrogens (tertiary/aromatic N) is 1. The number of thiophene rings is 1. The molecule has 0 unspecified atom stereocenters. The van der Waals surface area contributed by atoms with Crippen molar-refractivity contribution < 1.29 is 15.1 Å². The summed E-state index contributed by atoms with van der Waals surface area (Å²) < 4.78 is 0. The van der Waals surface area contributed by atoms with Crippen molar-refractivity contribution in [3.05, 3.63) is 57.8 Å². The van der Waals surface area contributed by atoms with Crippen LogP contribution in [-0.4, -0.2) is 16.9 Å². The van der Waals surface area contributed by atoms with Crippen LogP contribution in [0.15, 0.2) is 47.6 Å². The highest BCUT2D eigenvalue weighted by atomic mass is 32.1. The monoisotopic (exact) mass is 260 g/mol. The van der Waals surface area contributed by atoms with Crippen molar-refractivity contribution >= 4 is 23.0 Å². The molecule has 18 heavy (non-hydrogen) atoms. The summed E-state index contributed by atoms with van der Waals surface area (Å²) in [5.41, 5.74) is 1.21. The molecule has 1 heterocycles. The number of carbonyl (C=O) groups excluding carboxylic acids is 1. The van der Waals surface area contributed by atoms with Gasteiger partial charge in [0.15, 0.2) is 0 Å². The summed E-state index contributed by atoms with van der Waals surface area (Å²) >= 11 is 1.28. The topological polar surface area (TPSA) is 72.7 Å². The Morgan fingerprint density at radius 2 is 1.94 bits per heavy atom. The summed E-state index contributed by atoms with van der Waals surface area (Å²) in [6.45, 7) is 0. The van der Waals surface area contributed by atoms with Gasteiger partial charge in [-0.1, -0.05) is 35.5 Å². The van der Waals surface area contributed by atoms with Crippen molar-refractivity contribution in [3.63, 3.8) is 0 Å². The van der Waals surface area contributed by atoms with Crippen molar-refractivity contribution in [2.45, 2.75) is 6.42 Å². The fraction of sp³-hybridized carbons (Fsp3) is 0.0769. The number of carbonyl (C=O) groups is 1. The van der Waals surface area contributed by atoms with E-state index in [1.165, 1.54) is 11.3 Å². The second kappa shape index (κ2) is 5.46. The number of hydrogen-bond donors (Lipinski definition) is 1. The van der Waals surface area contributed by atoms with Crippen LogP contribution in [-0.2, 0) is 11.2 Å². The van der Waals surface area contributed by atoms with Crippen LogP contribution < -0.4 is 5.11 Å². The zero-order chi connectivity index (χ0) is 13.0. The Bertz CT molecular complexity index is 575. The van der Waals surface area contributed by atoms with E-state index in [0.717, 1.165) is 10.4 Å². The Kier molecular flexibility index (Phi) is 3.74. The van der Waals surface area contributed by atoms with Crippen LogP contribution >= 0.6 is 11.3 Å². The van der Waals surface area contributed by atoms with Crippen molar-refractivity contribution in [1.82, 2.24) is 0 Å². The van der Waals surface area contributed by atoms with Crippen LogP contribution in [0.5, 0.6) is 0 Å². The zero-order valence-corrected chi connectivity index (χ0v) is 10.2. The first-order chi connectivity index (χ1) is 8.70. The minimum absolute atomic E-state index is 0.127. The third-order valence-corrected chi connectivity index (χ3v) is 3.45. The lowest BCUT2D eigenvalue weighted by Gasteiger charge is -2.01. The Morgan fingerprint density at radius 3 is 2.56 bits per heavy atom. The quantitative estimate of drug-likeness (QED) is 0.511. The van der Waals surface area contributed by atoms with Gasteiger partial charge in [-0.2, -0.15) is 0 Å². The first-order valence-electron chi connectivity index (χ1n) is 5.27. The Morgan fingerprint density at radius 1 is 1.22 bits per heavy atom. The van der Waals surface area contributed by atoms with E-state index in [2.05, 4.69) is 5.16 Å². The van der Waals surface area contributed by atoms with Crippen molar-refractivity contribution in [2.75, 3.05) is 0 Å². The van der Waals surface area contributed by atoms with E-state index in [0.29, 0.717) is 10.6 Å².